The number of rotatable bonds is 12. The van der Waals surface area contributed by atoms with E-state index in [9.17, 15) is 0 Å². The highest BCUT2D eigenvalue weighted by Crippen LogP contribution is 2.47. The predicted molar refractivity (Wildman–Crippen MR) is 111 cm³/mol. The summed E-state index contributed by atoms with van der Waals surface area (Å²) < 4.78 is 0. The first-order chi connectivity index (χ1) is 11.1. The highest BCUT2D eigenvalue weighted by atomic mass is 15.1. The van der Waals surface area contributed by atoms with Gasteiger partial charge in [-0.3, -0.25) is 0 Å². The van der Waals surface area contributed by atoms with E-state index in [1.807, 2.05) is 0 Å². The van der Waals surface area contributed by atoms with Crippen LogP contribution in [-0.4, -0.2) is 24.7 Å². The van der Waals surface area contributed by atoms with Crippen molar-refractivity contribution in [1.29, 1.82) is 0 Å². The molecule has 2 N–H and O–H groups in total. The highest BCUT2D eigenvalue weighted by molar-refractivity contribution is 5.12. The Labute approximate surface area is 154 Å². The smallest absolute Gasteiger partial charge is 0.0432 e. The molecule has 0 aromatic carbocycles. The van der Waals surface area contributed by atoms with E-state index in [0.717, 1.165) is 13.1 Å². The van der Waals surface area contributed by atoms with Crippen LogP contribution in [0.2, 0.25) is 0 Å². The predicted octanol–water partition coefficient (Wildman–Crippen LogP) is 6.16. The highest BCUT2D eigenvalue weighted by Gasteiger charge is 2.54. The second kappa shape index (κ2) is 10.8. The van der Waals surface area contributed by atoms with Crippen LogP contribution in [0, 0.1) is 10.8 Å². The van der Waals surface area contributed by atoms with Crippen molar-refractivity contribution in [3.63, 3.8) is 0 Å². The van der Waals surface area contributed by atoms with Crippen molar-refractivity contribution >= 4 is 0 Å². The van der Waals surface area contributed by atoms with Gasteiger partial charge in [0.15, 0.2) is 0 Å². The first-order valence-electron chi connectivity index (χ1n) is 10.6. The maximum absolute atomic E-state index is 3.96. The van der Waals surface area contributed by atoms with Gasteiger partial charge in [-0.2, -0.15) is 0 Å². The quantitative estimate of drug-likeness (QED) is 0.416. The summed E-state index contributed by atoms with van der Waals surface area (Å²) in [5.74, 6) is 0. The van der Waals surface area contributed by atoms with Crippen LogP contribution < -0.4 is 10.6 Å². The van der Waals surface area contributed by atoms with Gasteiger partial charge in [0.2, 0.25) is 0 Å². The third kappa shape index (κ3) is 6.33. The van der Waals surface area contributed by atoms with Gasteiger partial charge in [-0.1, -0.05) is 101 Å². The summed E-state index contributed by atoms with van der Waals surface area (Å²) in [4.78, 5) is 0. The molecule has 0 saturated carbocycles. The summed E-state index contributed by atoms with van der Waals surface area (Å²) in [5, 5.41) is 7.82. The lowest BCUT2D eigenvalue weighted by molar-refractivity contribution is -0.0146. The fourth-order valence-corrected chi connectivity index (χ4v) is 4.95. The number of likely N-dealkylation sites (N-methyl/N-ethyl adjacent to an activating group) is 2. The maximum atomic E-state index is 3.96. The first kappa shape index (κ1) is 23.9. The van der Waals surface area contributed by atoms with Gasteiger partial charge in [0.1, 0.15) is 0 Å². The Hall–Kier alpha value is -0.0800. The zero-order valence-electron chi connectivity index (χ0n) is 18.4. The fourth-order valence-electron chi connectivity index (χ4n) is 4.95. The molecule has 0 saturated heterocycles. The lowest BCUT2D eigenvalue weighted by Crippen LogP contribution is -2.72. The molecule has 1 atom stereocenters. The second-order valence-corrected chi connectivity index (χ2v) is 9.51. The van der Waals surface area contributed by atoms with E-state index in [1.54, 1.807) is 0 Å². The molecule has 1 unspecified atom stereocenters. The van der Waals surface area contributed by atoms with Gasteiger partial charge in [0.05, 0.1) is 0 Å². The number of nitrogens with one attached hydrogen (secondary N) is 2. The Morgan fingerprint density at radius 2 is 1.17 bits per heavy atom. The molecule has 0 aliphatic rings. The summed E-state index contributed by atoms with van der Waals surface area (Å²) in [5.41, 5.74) is 0.459. The van der Waals surface area contributed by atoms with E-state index in [2.05, 4.69) is 72.9 Å². The number of hydrogen-bond acceptors (Lipinski definition) is 2. The van der Waals surface area contributed by atoms with Gasteiger partial charge in [-0.25, -0.2) is 0 Å². The van der Waals surface area contributed by atoms with Crippen molar-refractivity contribution in [3.8, 4) is 0 Å². The van der Waals surface area contributed by atoms with Gasteiger partial charge < -0.3 is 10.6 Å². The molecule has 0 amide bonds. The third-order valence-corrected chi connectivity index (χ3v) is 5.64. The van der Waals surface area contributed by atoms with Crippen LogP contribution in [0.3, 0.4) is 0 Å². The van der Waals surface area contributed by atoms with E-state index in [1.165, 1.54) is 44.9 Å². The van der Waals surface area contributed by atoms with Crippen LogP contribution in [-0.2, 0) is 0 Å². The molecule has 0 heterocycles. The molecule has 0 rings (SSSR count). The first-order valence-corrected chi connectivity index (χ1v) is 10.6. The van der Waals surface area contributed by atoms with Crippen LogP contribution in [0.5, 0.6) is 0 Å². The molecule has 2 heteroatoms. The van der Waals surface area contributed by atoms with Gasteiger partial charge in [-0.15, -0.1) is 0 Å². The summed E-state index contributed by atoms with van der Waals surface area (Å²) in [6.45, 7) is 23.3. The van der Waals surface area contributed by atoms with Crippen molar-refractivity contribution < 1.29 is 0 Å². The van der Waals surface area contributed by atoms with Crippen LogP contribution >= 0.6 is 0 Å². The Kier molecular flexibility index (Phi) is 10.8. The van der Waals surface area contributed by atoms with Crippen LogP contribution in [0.15, 0.2) is 0 Å². The SMILES string of the molecule is CCCCCCCCC(NCC)C(NCC)(C(C)(C)C)C(C)(C)C. The molecule has 0 bridgehead atoms. The molecular weight excluding hydrogens is 292 g/mol. The molecule has 2 nitrogen and oxygen atoms in total. The minimum Gasteiger partial charge on any atom is -0.312 e. The summed E-state index contributed by atoms with van der Waals surface area (Å²) in [6.07, 6.45) is 9.49. The number of hydrogen-bond donors (Lipinski definition) is 2. The van der Waals surface area contributed by atoms with E-state index in [-0.39, 0.29) is 16.4 Å². The van der Waals surface area contributed by atoms with E-state index < -0.39 is 0 Å². The van der Waals surface area contributed by atoms with E-state index >= 15 is 0 Å². The van der Waals surface area contributed by atoms with Gasteiger partial charge >= 0.3 is 0 Å². The molecule has 24 heavy (non-hydrogen) atoms. The maximum Gasteiger partial charge on any atom is 0.0432 e. The Morgan fingerprint density at radius 3 is 1.58 bits per heavy atom. The van der Waals surface area contributed by atoms with E-state index in [4.69, 9.17) is 0 Å². The Morgan fingerprint density at radius 1 is 0.667 bits per heavy atom. The van der Waals surface area contributed by atoms with Gasteiger partial charge in [-0.05, 0) is 30.3 Å². The Bertz CT molecular complexity index is 295. The lowest BCUT2D eigenvalue weighted by atomic mass is 9.55. The molecule has 0 fully saturated rings. The largest absolute Gasteiger partial charge is 0.312 e. The normalized spacial score (nSPS) is 14.9. The minimum absolute atomic E-state index is 0.0776. The second-order valence-electron chi connectivity index (χ2n) is 9.51. The molecule has 0 aliphatic carbocycles. The summed E-state index contributed by atoms with van der Waals surface area (Å²) in [7, 11) is 0. The minimum atomic E-state index is 0.0776. The van der Waals surface area contributed by atoms with Crippen molar-refractivity contribution in [1.82, 2.24) is 10.6 Å². The third-order valence-electron chi connectivity index (χ3n) is 5.64. The molecule has 0 aromatic rings. The van der Waals surface area contributed by atoms with Gasteiger partial charge in [0.25, 0.3) is 0 Å². The standard InChI is InChI=1S/C22H48N2/c1-10-13-14-15-16-17-18-19(23-11-2)22(24-12-3,20(4,5)6)21(7,8)9/h19,23-24H,10-18H2,1-9H3. The molecule has 0 radical (unpaired) electrons. The Balaban J connectivity index is 5.25. The lowest BCUT2D eigenvalue weighted by Gasteiger charge is -2.59. The fraction of sp³-hybridized carbons (Fsp3) is 1.00. The molecular formula is C22H48N2. The van der Waals surface area contributed by atoms with Crippen LogP contribution in [0.25, 0.3) is 0 Å². The summed E-state index contributed by atoms with van der Waals surface area (Å²) >= 11 is 0. The van der Waals surface area contributed by atoms with Crippen LogP contribution in [0.1, 0.15) is 107 Å². The molecule has 146 valence electrons. The van der Waals surface area contributed by atoms with Crippen LogP contribution in [0.4, 0.5) is 0 Å². The van der Waals surface area contributed by atoms with Gasteiger partial charge in [0, 0.05) is 11.6 Å². The molecule has 0 spiro atoms. The van der Waals surface area contributed by atoms with Crippen molar-refractivity contribution in [2.45, 2.75) is 119 Å². The topological polar surface area (TPSA) is 24.1 Å². The summed E-state index contributed by atoms with van der Waals surface area (Å²) in [6, 6.07) is 0.508. The monoisotopic (exact) mass is 340 g/mol. The van der Waals surface area contributed by atoms with Crippen molar-refractivity contribution in [3.05, 3.63) is 0 Å². The molecule has 0 aromatic heterocycles. The van der Waals surface area contributed by atoms with Crippen molar-refractivity contribution in [2.24, 2.45) is 10.8 Å². The van der Waals surface area contributed by atoms with E-state index in [0.29, 0.717) is 6.04 Å². The number of unbranched alkanes of at least 4 members (excludes halogenated alkanes) is 5. The van der Waals surface area contributed by atoms with Crippen molar-refractivity contribution in [2.75, 3.05) is 13.1 Å². The zero-order chi connectivity index (χ0) is 18.9. The molecule has 0 aliphatic heterocycles. The average Bonchev–Trinajstić information content (AvgIpc) is 2.44. The average molecular weight is 341 g/mol. The zero-order valence-corrected chi connectivity index (χ0v) is 18.4.